The monoisotopic (exact) mass is 205 g/mol. The molecule has 3 heteroatoms. The van der Waals surface area contributed by atoms with Crippen LogP contribution in [-0.2, 0) is 6.54 Å². The molecule has 1 aromatic carbocycles. The molecule has 0 amide bonds. The van der Waals surface area contributed by atoms with Gasteiger partial charge in [-0.25, -0.2) is 0 Å². The molecule has 2 N–H and O–H groups in total. The number of phenols is 1. The van der Waals surface area contributed by atoms with Gasteiger partial charge in [-0.05, 0) is 24.6 Å². The molecule has 0 aliphatic carbocycles. The number of hydrogen-bond donors (Lipinski definition) is 2. The molecule has 0 saturated heterocycles. The van der Waals surface area contributed by atoms with Crippen molar-refractivity contribution in [2.45, 2.75) is 13.5 Å². The maximum Gasteiger partial charge on any atom is 0.160 e. The summed E-state index contributed by atoms with van der Waals surface area (Å²) in [6.45, 7) is 3.19. The van der Waals surface area contributed by atoms with Gasteiger partial charge in [-0.15, -0.1) is 5.92 Å². The molecule has 0 radical (unpaired) electrons. The van der Waals surface area contributed by atoms with Crippen molar-refractivity contribution in [3.05, 3.63) is 23.8 Å². The van der Waals surface area contributed by atoms with Crippen LogP contribution in [-0.4, -0.2) is 18.8 Å². The third kappa shape index (κ3) is 3.53. The Morgan fingerprint density at radius 1 is 1.47 bits per heavy atom. The second kappa shape index (κ2) is 5.94. The molecule has 0 saturated carbocycles. The highest BCUT2D eigenvalue weighted by Crippen LogP contribution is 2.25. The van der Waals surface area contributed by atoms with Crippen molar-refractivity contribution in [2.24, 2.45) is 0 Å². The van der Waals surface area contributed by atoms with Crippen LogP contribution in [0.1, 0.15) is 12.5 Å². The molecule has 3 nitrogen and oxygen atoms in total. The number of benzene rings is 1. The average molecular weight is 205 g/mol. The number of hydrogen-bond acceptors (Lipinski definition) is 3. The highest BCUT2D eigenvalue weighted by atomic mass is 16.5. The first-order valence-electron chi connectivity index (χ1n) is 4.74. The van der Waals surface area contributed by atoms with Gasteiger partial charge >= 0.3 is 0 Å². The molecule has 0 atom stereocenters. The van der Waals surface area contributed by atoms with E-state index < -0.39 is 0 Å². The van der Waals surface area contributed by atoms with E-state index in [9.17, 15) is 5.11 Å². The SMILES string of the molecule is CC#CCNCc1ccc(O)c(OC)c1. The zero-order valence-electron chi connectivity index (χ0n) is 9.00. The third-order valence-electron chi connectivity index (χ3n) is 1.96. The molecular formula is C12H15NO2. The Balaban J connectivity index is 2.57. The lowest BCUT2D eigenvalue weighted by Gasteiger charge is -2.06. The van der Waals surface area contributed by atoms with E-state index >= 15 is 0 Å². The Labute approximate surface area is 90.1 Å². The predicted octanol–water partition coefficient (Wildman–Crippen LogP) is 1.51. The minimum absolute atomic E-state index is 0.162. The first-order chi connectivity index (χ1) is 7.27. The Bertz CT molecular complexity index is 377. The molecule has 0 unspecified atom stereocenters. The summed E-state index contributed by atoms with van der Waals surface area (Å²) in [6, 6.07) is 5.29. The Morgan fingerprint density at radius 2 is 2.27 bits per heavy atom. The van der Waals surface area contributed by atoms with Crippen LogP contribution in [0.5, 0.6) is 11.5 Å². The van der Waals surface area contributed by atoms with Crippen molar-refractivity contribution < 1.29 is 9.84 Å². The van der Waals surface area contributed by atoms with E-state index in [1.807, 2.05) is 19.1 Å². The number of aromatic hydroxyl groups is 1. The van der Waals surface area contributed by atoms with Gasteiger partial charge in [-0.1, -0.05) is 12.0 Å². The van der Waals surface area contributed by atoms with Gasteiger partial charge in [0.1, 0.15) is 0 Å². The van der Waals surface area contributed by atoms with Gasteiger partial charge in [0, 0.05) is 6.54 Å². The highest BCUT2D eigenvalue weighted by molar-refractivity contribution is 5.41. The predicted molar refractivity (Wildman–Crippen MR) is 59.8 cm³/mol. The molecule has 15 heavy (non-hydrogen) atoms. The lowest BCUT2D eigenvalue weighted by molar-refractivity contribution is 0.373. The summed E-state index contributed by atoms with van der Waals surface area (Å²) in [7, 11) is 1.54. The van der Waals surface area contributed by atoms with Crippen LogP contribution in [0.25, 0.3) is 0 Å². The van der Waals surface area contributed by atoms with Crippen LogP contribution in [0, 0.1) is 11.8 Å². The second-order valence-electron chi connectivity index (χ2n) is 3.04. The maximum absolute atomic E-state index is 9.38. The lowest BCUT2D eigenvalue weighted by atomic mass is 10.2. The highest BCUT2D eigenvalue weighted by Gasteiger charge is 2.01. The summed E-state index contributed by atoms with van der Waals surface area (Å²) < 4.78 is 5.01. The second-order valence-corrected chi connectivity index (χ2v) is 3.04. The number of phenolic OH excluding ortho intramolecular Hbond substituents is 1. The smallest absolute Gasteiger partial charge is 0.160 e. The van der Waals surface area contributed by atoms with E-state index in [0.29, 0.717) is 18.8 Å². The molecule has 0 fully saturated rings. The standard InChI is InChI=1S/C12H15NO2/c1-3-4-7-13-9-10-5-6-11(14)12(8-10)15-2/h5-6,8,13-14H,7,9H2,1-2H3. The molecule has 0 bridgehead atoms. The first kappa shape index (κ1) is 11.4. The van der Waals surface area contributed by atoms with Gasteiger partial charge in [0.05, 0.1) is 13.7 Å². The molecule has 0 spiro atoms. The average Bonchev–Trinajstić information content (AvgIpc) is 2.26. The molecule has 0 aliphatic heterocycles. The van der Waals surface area contributed by atoms with E-state index in [0.717, 1.165) is 5.56 Å². The fraction of sp³-hybridized carbons (Fsp3) is 0.333. The Kier molecular flexibility index (Phi) is 4.52. The van der Waals surface area contributed by atoms with Crippen LogP contribution in [0.15, 0.2) is 18.2 Å². The van der Waals surface area contributed by atoms with Gasteiger partial charge < -0.3 is 15.2 Å². The minimum Gasteiger partial charge on any atom is -0.504 e. The van der Waals surface area contributed by atoms with Crippen LogP contribution in [0.3, 0.4) is 0 Å². The third-order valence-corrected chi connectivity index (χ3v) is 1.96. The normalized spacial score (nSPS) is 9.20. The Hall–Kier alpha value is -1.66. The van der Waals surface area contributed by atoms with E-state index in [4.69, 9.17) is 4.74 Å². The van der Waals surface area contributed by atoms with Crippen molar-refractivity contribution in [3.8, 4) is 23.3 Å². The molecule has 0 aliphatic rings. The summed E-state index contributed by atoms with van der Waals surface area (Å²) in [5.41, 5.74) is 1.06. The lowest BCUT2D eigenvalue weighted by Crippen LogP contribution is -2.13. The minimum atomic E-state index is 0.162. The largest absolute Gasteiger partial charge is 0.504 e. The summed E-state index contributed by atoms with van der Waals surface area (Å²) in [4.78, 5) is 0. The van der Waals surface area contributed by atoms with Crippen LogP contribution in [0.4, 0.5) is 0 Å². The van der Waals surface area contributed by atoms with E-state index in [1.165, 1.54) is 7.11 Å². The van der Waals surface area contributed by atoms with Gasteiger partial charge in [0.2, 0.25) is 0 Å². The first-order valence-corrected chi connectivity index (χ1v) is 4.74. The topological polar surface area (TPSA) is 41.5 Å². The van der Waals surface area contributed by atoms with Crippen LogP contribution in [0.2, 0.25) is 0 Å². The molecule has 1 aromatic rings. The number of rotatable bonds is 4. The number of nitrogens with one attached hydrogen (secondary N) is 1. The summed E-state index contributed by atoms with van der Waals surface area (Å²) >= 11 is 0. The van der Waals surface area contributed by atoms with E-state index in [-0.39, 0.29) is 5.75 Å². The quantitative estimate of drug-likeness (QED) is 0.578. The zero-order chi connectivity index (χ0) is 11.1. The van der Waals surface area contributed by atoms with Crippen molar-refractivity contribution in [3.63, 3.8) is 0 Å². The van der Waals surface area contributed by atoms with Crippen molar-refractivity contribution >= 4 is 0 Å². The van der Waals surface area contributed by atoms with Crippen LogP contribution < -0.4 is 10.1 Å². The molecule has 0 heterocycles. The van der Waals surface area contributed by atoms with Crippen molar-refractivity contribution in [1.82, 2.24) is 5.32 Å². The van der Waals surface area contributed by atoms with Gasteiger partial charge in [-0.2, -0.15) is 0 Å². The number of ether oxygens (including phenoxy) is 1. The van der Waals surface area contributed by atoms with E-state index in [1.54, 1.807) is 6.07 Å². The molecule has 1 rings (SSSR count). The Morgan fingerprint density at radius 3 is 2.93 bits per heavy atom. The molecule has 0 aromatic heterocycles. The molecule has 80 valence electrons. The van der Waals surface area contributed by atoms with Crippen molar-refractivity contribution in [2.75, 3.05) is 13.7 Å². The van der Waals surface area contributed by atoms with Crippen LogP contribution >= 0.6 is 0 Å². The fourth-order valence-electron chi connectivity index (χ4n) is 1.19. The summed E-state index contributed by atoms with van der Waals surface area (Å²) in [6.07, 6.45) is 0. The van der Waals surface area contributed by atoms with E-state index in [2.05, 4.69) is 17.2 Å². The summed E-state index contributed by atoms with van der Waals surface area (Å²) in [5, 5.41) is 12.5. The van der Waals surface area contributed by atoms with Crippen molar-refractivity contribution in [1.29, 1.82) is 0 Å². The van der Waals surface area contributed by atoms with Gasteiger partial charge in [-0.3, -0.25) is 0 Å². The maximum atomic E-state index is 9.38. The molecular weight excluding hydrogens is 190 g/mol. The van der Waals surface area contributed by atoms with Gasteiger partial charge in [0.25, 0.3) is 0 Å². The fourth-order valence-corrected chi connectivity index (χ4v) is 1.19. The summed E-state index contributed by atoms with van der Waals surface area (Å²) in [5.74, 6) is 6.38. The van der Waals surface area contributed by atoms with Gasteiger partial charge in [0.15, 0.2) is 11.5 Å². The zero-order valence-corrected chi connectivity index (χ0v) is 9.00. The number of methoxy groups -OCH3 is 1.